The predicted molar refractivity (Wildman–Crippen MR) is 125 cm³/mol. The Hall–Kier alpha value is -3.58. The topological polar surface area (TPSA) is 78.1 Å². The van der Waals surface area contributed by atoms with Crippen LogP contribution in [0.3, 0.4) is 0 Å². The number of aromatic nitrogens is 2. The number of nitrogens with zero attached hydrogens (tertiary/aromatic N) is 2. The summed E-state index contributed by atoms with van der Waals surface area (Å²) in [6, 6.07) is 22.3. The van der Waals surface area contributed by atoms with Crippen molar-refractivity contribution in [1.29, 1.82) is 0 Å². The number of hydrogen-bond donors (Lipinski definition) is 2. The number of hydrogen-bond acceptors (Lipinski definition) is 4. The van der Waals surface area contributed by atoms with Crippen LogP contribution >= 0.6 is 11.8 Å². The molecule has 1 aromatic heterocycles. The highest BCUT2D eigenvalue weighted by Crippen LogP contribution is 2.23. The van der Waals surface area contributed by atoms with E-state index in [-0.39, 0.29) is 11.8 Å². The Morgan fingerprint density at radius 2 is 1.61 bits per heavy atom. The third-order valence-electron chi connectivity index (χ3n) is 4.76. The van der Waals surface area contributed by atoms with Gasteiger partial charge in [-0.25, -0.2) is 4.98 Å². The van der Waals surface area contributed by atoms with Crippen LogP contribution in [0.25, 0.3) is 11.0 Å². The summed E-state index contributed by atoms with van der Waals surface area (Å²) in [5.74, 6) is 0.487. The number of fused-ring (bicyclic) bond motifs is 1. The molecule has 7 heteroatoms. The third kappa shape index (κ3) is 4.95. The second-order valence-electron chi connectivity index (χ2n) is 7.28. The number of imidazole rings is 1. The lowest BCUT2D eigenvalue weighted by molar-refractivity contribution is 0.0827. The molecular formula is C24H22N4O2S. The number of rotatable bonds is 6. The van der Waals surface area contributed by atoms with Crippen molar-refractivity contribution in [1.82, 2.24) is 14.9 Å². The molecule has 2 amide bonds. The predicted octanol–water partition coefficient (Wildman–Crippen LogP) is 4.81. The maximum Gasteiger partial charge on any atom is 0.255 e. The van der Waals surface area contributed by atoms with Gasteiger partial charge in [0.25, 0.3) is 11.8 Å². The summed E-state index contributed by atoms with van der Waals surface area (Å²) in [6.07, 6.45) is 0. The number of aromatic amines is 1. The number of amides is 2. The van der Waals surface area contributed by atoms with Crippen molar-refractivity contribution >= 4 is 40.3 Å². The van der Waals surface area contributed by atoms with Crippen molar-refractivity contribution in [2.75, 3.05) is 19.4 Å². The van der Waals surface area contributed by atoms with Crippen LogP contribution in [0.1, 0.15) is 26.3 Å². The van der Waals surface area contributed by atoms with Crippen LogP contribution in [-0.2, 0) is 5.75 Å². The molecule has 0 atom stereocenters. The molecule has 4 rings (SSSR count). The van der Waals surface area contributed by atoms with Gasteiger partial charge in [-0.3, -0.25) is 9.59 Å². The minimum Gasteiger partial charge on any atom is -0.345 e. The number of carbonyl (C=O) groups excluding carboxylic acids is 2. The van der Waals surface area contributed by atoms with Crippen LogP contribution in [0, 0.1) is 0 Å². The van der Waals surface area contributed by atoms with Crippen molar-refractivity contribution in [3.8, 4) is 0 Å². The minimum atomic E-state index is -0.192. The molecule has 0 aliphatic rings. The number of thioether (sulfide) groups is 1. The van der Waals surface area contributed by atoms with Gasteiger partial charge in [0, 0.05) is 36.7 Å². The van der Waals surface area contributed by atoms with E-state index < -0.39 is 0 Å². The molecule has 0 aliphatic carbocycles. The smallest absolute Gasteiger partial charge is 0.255 e. The van der Waals surface area contributed by atoms with E-state index in [1.165, 1.54) is 4.90 Å². The van der Waals surface area contributed by atoms with Crippen molar-refractivity contribution in [2.24, 2.45) is 0 Å². The summed E-state index contributed by atoms with van der Waals surface area (Å²) in [7, 11) is 3.41. The molecule has 0 spiro atoms. The Kier molecular flexibility index (Phi) is 6.04. The fourth-order valence-corrected chi connectivity index (χ4v) is 3.90. The van der Waals surface area contributed by atoms with Gasteiger partial charge in [-0.1, -0.05) is 36.0 Å². The van der Waals surface area contributed by atoms with Crippen molar-refractivity contribution in [2.45, 2.75) is 10.9 Å². The van der Waals surface area contributed by atoms with Gasteiger partial charge in [-0.2, -0.15) is 0 Å². The van der Waals surface area contributed by atoms with E-state index in [0.29, 0.717) is 16.8 Å². The summed E-state index contributed by atoms with van der Waals surface area (Å²) in [5, 5.41) is 3.74. The van der Waals surface area contributed by atoms with Crippen LogP contribution < -0.4 is 5.32 Å². The maximum absolute atomic E-state index is 12.5. The Morgan fingerprint density at radius 1 is 0.935 bits per heavy atom. The molecule has 6 nitrogen and oxygen atoms in total. The SMILES string of the molecule is CN(C)C(=O)c1ccc(NC(=O)c2ccc(CSc3nc4ccccc4[nH]3)cc2)cc1. The monoisotopic (exact) mass is 430 g/mol. The Labute approximate surface area is 184 Å². The third-order valence-corrected chi connectivity index (χ3v) is 5.70. The maximum atomic E-state index is 12.5. The van der Waals surface area contributed by atoms with Gasteiger partial charge in [0.15, 0.2) is 5.16 Å². The lowest BCUT2D eigenvalue weighted by Gasteiger charge is -2.11. The Bertz CT molecular complexity index is 1180. The number of carbonyl (C=O) groups is 2. The zero-order valence-corrected chi connectivity index (χ0v) is 18.1. The first-order chi connectivity index (χ1) is 15.0. The summed E-state index contributed by atoms with van der Waals surface area (Å²) in [4.78, 5) is 33.9. The molecule has 0 fully saturated rings. The highest BCUT2D eigenvalue weighted by molar-refractivity contribution is 7.98. The minimum absolute atomic E-state index is 0.0750. The number of benzene rings is 3. The average Bonchev–Trinajstić information content (AvgIpc) is 3.21. The van der Waals surface area contributed by atoms with Gasteiger partial charge in [-0.05, 0) is 54.1 Å². The lowest BCUT2D eigenvalue weighted by atomic mass is 10.1. The Balaban J connectivity index is 1.35. The van der Waals surface area contributed by atoms with Gasteiger partial charge >= 0.3 is 0 Å². The molecule has 3 aromatic carbocycles. The summed E-state index contributed by atoms with van der Waals surface area (Å²) >= 11 is 1.62. The largest absolute Gasteiger partial charge is 0.345 e. The van der Waals surface area contributed by atoms with E-state index in [9.17, 15) is 9.59 Å². The van der Waals surface area contributed by atoms with Crippen molar-refractivity contribution in [3.05, 3.63) is 89.5 Å². The number of H-pyrrole nitrogens is 1. The van der Waals surface area contributed by atoms with Gasteiger partial charge in [0.2, 0.25) is 0 Å². The highest BCUT2D eigenvalue weighted by atomic mass is 32.2. The van der Waals surface area contributed by atoms with E-state index in [1.807, 2.05) is 48.5 Å². The standard InChI is InChI=1S/C24H22N4O2S/c1-28(2)23(30)18-11-13-19(14-12-18)25-22(29)17-9-7-16(8-10-17)15-31-24-26-20-5-3-4-6-21(20)27-24/h3-14H,15H2,1-2H3,(H,25,29)(H,26,27). The molecule has 156 valence electrons. The molecule has 4 aromatic rings. The summed E-state index contributed by atoms with van der Waals surface area (Å²) in [6.45, 7) is 0. The van der Waals surface area contributed by atoms with Crippen LogP contribution in [0.5, 0.6) is 0 Å². The fraction of sp³-hybridized carbons (Fsp3) is 0.125. The Morgan fingerprint density at radius 3 is 2.29 bits per heavy atom. The molecule has 0 aliphatic heterocycles. The van der Waals surface area contributed by atoms with E-state index in [2.05, 4.69) is 15.3 Å². The second-order valence-corrected chi connectivity index (χ2v) is 8.24. The van der Waals surface area contributed by atoms with Crippen LogP contribution in [0.4, 0.5) is 5.69 Å². The van der Waals surface area contributed by atoms with Crippen molar-refractivity contribution < 1.29 is 9.59 Å². The number of nitrogens with one attached hydrogen (secondary N) is 2. The first-order valence-electron chi connectivity index (χ1n) is 9.79. The second kappa shape index (κ2) is 9.06. The molecule has 2 N–H and O–H groups in total. The van der Waals surface area contributed by atoms with Crippen LogP contribution in [-0.4, -0.2) is 40.8 Å². The molecule has 0 saturated carbocycles. The van der Waals surface area contributed by atoms with Crippen molar-refractivity contribution in [3.63, 3.8) is 0 Å². The van der Waals surface area contributed by atoms with Gasteiger partial charge in [-0.15, -0.1) is 0 Å². The molecule has 0 bridgehead atoms. The van der Waals surface area contributed by atoms with E-state index >= 15 is 0 Å². The normalized spacial score (nSPS) is 10.8. The first kappa shape index (κ1) is 20.7. The average molecular weight is 431 g/mol. The molecule has 31 heavy (non-hydrogen) atoms. The highest BCUT2D eigenvalue weighted by Gasteiger charge is 2.10. The van der Waals surface area contributed by atoms with Gasteiger partial charge in [0.05, 0.1) is 11.0 Å². The number of anilines is 1. The van der Waals surface area contributed by atoms with E-state index in [4.69, 9.17) is 0 Å². The van der Waals surface area contributed by atoms with Gasteiger partial charge < -0.3 is 15.2 Å². The molecular weight excluding hydrogens is 408 g/mol. The summed E-state index contributed by atoms with van der Waals surface area (Å²) in [5.41, 5.74) is 4.88. The molecule has 0 unspecified atom stereocenters. The van der Waals surface area contributed by atoms with E-state index in [0.717, 1.165) is 27.5 Å². The number of para-hydroxylation sites is 2. The van der Waals surface area contributed by atoms with E-state index in [1.54, 1.807) is 50.1 Å². The lowest BCUT2D eigenvalue weighted by Crippen LogP contribution is -2.21. The fourth-order valence-electron chi connectivity index (χ4n) is 3.06. The molecule has 0 radical (unpaired) electrons. The van der Waals surface area contributed by atoms with Crippen LogP contribution in [0.2, 0.25) is 0 Å². The zero-order chi connectivity index (χ0) is 21.8. The first-order valence-corrected chi connectivity index (χ1v) is 10.8. The zero-order valence-electron chi connectivity index (χ0n) is 17.3. The molecule has 0 saturated heterocycles. The van der Waals surface area contributed by atoms with Gasteiger partial charge in [0.1, 0.15) is 0 Å². The summed E-state index contributed by atoms with van der Waals surface area (Å²) < 4.78 is 0. The molecule has 1 heterocycles. The quantitative estimate of drug-likeness (QED) is 0.430. The van der Waals surface area contributed by atoms with Crippen LogP contribution in [0.15, 0.2) is 78.0 Å².